The van der Waals surface area contributed by atoms with E-state index in [2.05, 4.69) is 9.73 Å². The lowest BCUT2D eigenvalue weighted by Crippen LogP contribution is -2.16. The number of hydrogen-bond acceptors (Lipinski definition) is 4. The normalized spacial score (nSPS) is 12.7. The molecule has 0 amide bonds. The second-order valence-corrected chi connectivity index (χ2v) is 3.04. The molecule has 15 heavy (non-hydrogen) atoms. The van der Waals surface area contributed by atoms with Gasteiger partial charge in [0.25, 0.3) is 0 Å². The van der Waals surface area contributed by atoms with Crippen LogP contribution in [0.2, 0.25) is 0 Å². The smallest absolute Gasteiger partial charge is 0.330 e. The highest BCUT2D eigenvalue weighted by Crippen LogP contribution is 2.13. The maximum Gasteiger partial charge on any atom is 0.330 e. The summed E-state index contributed by atoms with van der Waals surface area (Å²) in [7, 11) is 1.31. The quantitative estimate of drug-likeness (QED) is 0.601. The van der Waals surface area contributed by atoms with Crippen LogP contribution in [0.4, 0.5) is 0 Å². The number of aromatic hydroxyl groups is 1. The number of nitrogens with zero attached hydrogens (tertiary/aromatic N) is 1. The molecule has 0 aliphatic rings. The predicted octanol–water partition coefficient (Wildman–Crippen LogP) is 1.37. The first-order valence-corrected chi connectivity index (χ1v) is 4.54. The van der Waals surface area contributed by atoms with Crippen molar-refractivity contribution in [1.29, 1.82) is 0 Å². The summed E-state index contributed by atoms with van der Waals surface area (Å²) < 4.78 is 4.52. The molecule has 0 saturated heterocycles. The van der Waals surface area contributed by atoms with Crippen molar-refractivity contribution in [1.82, 2.24) is 0 Å². The summed E-state index contributed by atoms with van der Waals surface area (Å²) in [6.07, 6.45) is 1.46. The van der Waals surface area contributed by atoms with Crippen molar-refractivity contribution >= 4 is 12.2 Å². The van der Waals surface area contributed by atoms with Crippen LogP contribution in [0.15, 0.2) is 29.3 Å². The Morgan fingerprint density at radius 1 is 1.53 bits per heavy atom. The molecule has 1 atom stereocenters. The number of ether oxygens (including phenoxy) is 1. The Labute approximate surface area is 88.2 Å². The molecule has 0 fully saturated rings. The van der Waals surface area contributed by atoms with Gasteiger partial charge >= 0.3 is 5.97 Å². The van der Waals surface area contributed by atoms with E-state index >= 15 is 0 Å². The summed E-state index contributed by atoms with van der Waals surface area (Å²) >= 11 is 0. The number of phenolic OH excluding ortho intramolecular Hbond substituents is 1. The molecule has 1 rings (SSSR count). The number of aliphatic imine (C=N–C) groups is 1. The molecule has 0 spiro atoms. The largest absolute Gasteiger partial charge is 0.507 e. The molecule has 4 heteroatoms. The molecule has 0 aliphatic carbocycles. The average Bonchev–Trinajstić information content (AvgIpc) is 2.26. The lowest BCUT2D eigenvalue weighted by molar-refractivity contribution is -0.141. The van der Waals surface area contributed by atoms with Crippen LogP contribution in [0.25, 0.3) is 0 Å². The zero-order valence-electron chi connectivity index (χ0n) is 8.68. The monoisotopic (exact) mass is 207 g/mol. The third kappa shape index (κ3) is 3.09. The Morgan fingerprint density at radius 3 is 2.80 bits per heavy atom. The SMILES string of the molecule is COC(=O)[C@H](C)N=Cc1ccccc1O. The summed E-state index contributed by atoms with van der Waals surface area (Å²) in [4.78, 5) is 15.0. The topological polar surface area (TPSA) is 58.9 Å². The summed E-state index contributed by atoms with van der Waals surface area (Å²) in [5, 5.41) is 9.41. The second kappa shape index (κ2) is 5.14. The Hall–Kier alpha value is -1.84. The van der Waals surface area contributed by atoms with Gasteiger partial charge in [-0.2, -0.15) is 0 Å². The van der Waals surface area contributed by atoms with Crippen molar-refractivity contribution in [3.63, 3.8) is 0 Å². The number of carbonyl (C=O) groups is 1. The molecule has 0 bridgehead atoms. The first kappa shape index (κ1) is 11.2. The van der Waals surface area contributed by atoms with E-state index < -0.39 is 12.0 Å². The molecule has 0 aromatic heterocycles. The molecule has 0 aliphatic heterocycles. The minimum Gasteiger partial charge on any atom is -0.507 e. The number of benzene rings is 1. The molecule has 0 radical (unpaired) electrons. The Bertz CT molecular complexity index is 374. The molecular formula is C11H13NO3. The fourth-order valence-electron chi connectivity index (χ4n) is 1.02. The maximum absolute atomic E-state index is 11.0. The minimum absolute atomic E-state index is 0.137. The van der Waals surface area contributed by atoms with Crippen molar-refractivity contribution in [3.8, 4) is 5.75 Å². The van der Waals surface area contributed by atoms with Crippen LogP contribution in [0.1, 0.15) is 12.5 Å². The van der Waals surface area contributed by atoms with Crippen molar-refractivity contribution in [3.05, 3.63) is 29.8 Å². The Kier molecular flexibility index (Phi) is 3.85. The Morgan fingerprint density at radius 2 is 2.20 bits per heavy atom. The van der Waals surface area contributed by atoms with Crippen LogP contribution in [0.5, 0.6) is 5.75 Å². The standard InChI is InChI=1S/C11H13NO3/c1-8(11(14)15-2)12-7-9-5-3-4-6-10(9)13/h3-8,13H,1-2H3/t8-/m0/s1. The highest BCUT2D eigenvalue weighted by Gasteiger charge is 2.09. The molecule has 0 unspecified atom stereocenters. The predicted molar refractivity (Wildman–Crippen MR) is 57.2 cm³/mol. The van der Waals surface area contributed by atoms with Gasteiger partial charge in [0.1, 0.15) is 11.8 Å². The number of esters is 1. The van der Waals surface area contributed by atoms with Gasteiger partial charge in [0.15, 0.2) is 0 Å². The van der Waals surface area contributed by atoms with Crippen LogP contribution in [-0.4, -0.2) is 30.4 Å². The van der Waals surface area contributed by atoms with Gasteiger partial charge < -0.3 is 9.84 Å². The van der Waals surface area contributed by atoms with Gasteiger partial charge in [0, 0.05) is 11.8 Å². The van der Waals surface area contributed by atoms with Crippen LogP contribution in [0, 0.1) is 0 Å². The van der Waals surface area contributed by atoms with Crippen molar-refractivity contribution < 1.29 is 14.6 Å². The molecule has 0 saturated carbocycles. The second-order valence-electron chi connectivity index (χ2n) is 3.04. The van der Waals surface area contributed by atoms with E-state index in [1.54, 1.807) is 31.2 Å². The fourth-order valence-corrected chi connectivity index (χ4v) is 1.02. The minimum atomic E-state index is -0.561. The molecule has 1 N–H and O–H groups in total. The van der Waals surface area contributed by atoms with E-state index in [0.717, 1.165) is 0 Å². The lowest BCUT2D eigenvalue weighted by Gasteiger charge is -2.03. The van der Waals surface area contributed by atoms with Gasteiger partial charge in [-0.1, -0.05) is 12.1 Å². The molecular weight excluding hydrogens is 194 g/mol. The highest BCUT2D eigenvalue weighted by molar-refractivity contribution is 5.86. The molecule has 1 aromatic rings. The van der Waals surface area contributed by atoms with E-state index in [1.807, 2.05) is 0 Å². The number of para-hydroxylation sites is 1. The lowest BCUT2D eigenvalue weighted by atomic mass is 10.2. The first-order valence-electron chi connectivity index (χ1n) is 4.54. The van der Waals surface area contributed by atoms with Gasteiger partial charge in [-0.15, -0.1) is 0 Å². The zero-order chi connectivity index (χ0) is 11.3. The van der Waals surface area contributed by atoms with Crippen molar-refractivity contribution in [2.45, 2.75) is 13.0 Å². The third-order valence-corrected chi connectivity index (χ3v) is 1.92. The molecule has 4 nitrogen and oxygen atoms in total. The molecule has 1 aromatic carbocycles. The summed E-state index contributed by atoms with van der Waals surface area (Å²) in [6.45, 7) is 1.63. The zero-order valence-corrected chi connectivity index (χ0v) is 8.68. The van der Waals surface area contributed by atoms with Gasteiger partial charge in [0.2, 0.25) is 0 Å². The fraction of sp³-hybridized carbons (Fsp3) is 0.273. The Balaban J connectivity index is 2.74. The third-order valence-electron chi connectivity index (χ3n) is 1.92. The van der Waals surface area contributed by atoms with Gasteiger partial charge in [-0.05, 0) is 19.1 Å². The van der Waals surface area contributed by atoms with Crippen LogP contribution < -0.4 is 0 Å². The number of phenols is 1. The van der Waals surface area contributed by atoms with Crippen LogP contribution >= 0.6 is 0 Å². The summed E-state index contributed by atoms with van der Waals surface area (Å²) in [6, 6.07) is 6.21. The van der Waals surface area contributed by atoms with E-state index in [4.69, 9.17) is 0 Å². The summed E-state index contributed by atoms with van der Waals surface area (Å²) in [5.41, 5.74) is 0.577. The van der Waals surface area contributed by atoms with Crippen LogP contribution in [-0.2, 0) is 9.53 Å². The van der Waals surface area contributed by atoms with E-state index in [1.165, 1.54) is 13.3 Å². The van der Waals surface area contributed by atoms with Crippen molar-refractivity contribution in [2.24, 2.45) is 4.99 Å². The summed E-state index contributed by atoms with van der Waals surface area (Å²) in [5.74, 6) is -0.264. The van der Waals surface area contributed by atoms with Gasteiger partial charge in [-0.3, -0.25) is 4.99 Å². The number of rotatable bonds is 3. The maximum atomic E-state index is 11.0. The first-order chi connectivity index (χ1) is 7.15. The number of methoxy groups -OCH3 is 1. The molecule has 80 valence electrons. The molecule has 0 heterocycles. The van der Waals surface area contributed by atoms with E-state index in [0.29, 0.717) is 5.56 Å². The number of carbonyl (C=O) groups excluding carboxylic acids is 1. The van der Waals surface area contributed by atoms with Gasteiger partial charge in [-0.25, -0.2) is 4.79 Å². The number of hydrogen-bond donors (Lipinski definition) is 1. The van der Waals surface area contributed by atoms with E-state index in [-0.39, 0.29) is 5.75 Å². The van der Waals surface area contributed by atoms with Crippen molar-refractivity contribution in [2.75, 3.05) is 7.11 Å². The van der Waals surface area contributed by atoms with Gasteiger partial charge in [0.05, 0.1) is 7.11 Å². The average molecular weight is 207 g/mol. The van der Waals surface area contributed by atoms with Crippen LogP contribution in [0.3, 0.4) is 0 Å². The van der Waals surface area contributed by atoms with E-state index in [9.17, 15) is 9.90 Å². The highest BCUT2D eigenvalue weighted by atomic mass is 16.5.